The van der Waals surface area contributed by atoms with Crippen molar-refractivity contribution in [2.75, 3.05) is 0 Å². The third-order valence-electron chi connectivity index (χ3n) is 3.17. The molecule has 0 fully saturated rings. The molecule has 0 saturated heterocycles. The molecule has 1 aromatic carbocycles. The zero-order valence-electron chi connectivity index (χ0n) is 10.5. The van der Waals surface area contributed by atoms with Crippen molar-refractivity contribution in [1.29, 1.82) is 0 Å². The maximum absolute atomic E-state index is 12.2. The molecule has 0 N–H and O–H groups in total. The van der Waals surface area contributed by atoms with Crippen LogP contribution in [0.3, 0.4) is 0 Å². The average Bonchev–Trinajstić information content (AvgIpc) is 2.67. The third kappa shape index (κ3) is 1.91. The summed E-state index contributed by atoms with van der Waals surface area (Å²) in [6.45, 7) is 2.16. The van der Waals surface area contributed by atoms with Crippen LogP contribution in [0, 0.1) is 6.92 Å². The summed E-state index contributed by atoms with van der Waals surface area (Å²) in [5.41, 5.74) is 2.70. The second-order valence-corrected chi connectivity index (χ2v) is 4.57. The van der Waals surface area contributed by atoms with E-state index < -0.39 is 0 Å². The van der Waals surface area contributed by atoms with Gasteiger partial charge in [-0.1, -0.05) is 18.2 Å². The van der Waals surface area contributed by atoms with Crippen LogP contribution < -0.4 is 0 Å². The van der Waals surface area contributed by atoms with Gasteiger partial charge in [-0.2, -0.15) is 0 Å². The van der Waals surface area contributed by atoms with Crippen LogP contribution in [-0.4, -0.2) is 21.7 Å². The van der Waals surface area contributed by atoms with Gasteiger partial charge in [0, 0.05) is 6.20 Å². The molecule has 3 rings (SSSR count). The molecule has 0 radical (unpaired) electrons. The number of rotatable bonds is 2. The number of amides is 2. The van der Waals surface area contributed by atoms with Crippen LogP contribution in [0.2, 0.25) is 0 Å². The molecule has 1 aliphatic heterocycles. The normalized spacial score (nSPS) is 13.8. The van der Waals surface area contributed by atoms with E-state index >= 15 is 0 Å². The number of fused-ring (bicyclic) bond motifs is 1. The molecule has 0 unspecified atom stereocenters. The topological polar surface area (TPSA) is 50.3 Å². The van der Waals surface area contributed by atoms with Crippen LogP contribution >= 0.6 is 0 Å². The number of carbonyl (C=O) groups excluding carboxylic acids is 2. The lowest BCUT2D eigenvalue weighted by molar-refractivity contribution is 0.0640. The summed E-state index contributed by atoms with van der Waals surface area (Å²) in [4.78, 5) is 29.8. The van der Waals surface area contributed by atoms with Gasteiger partial charge in [0.2, 0.25) is 0 Å². The largest absolute Gasteiger partial charge is 0.269 e. The Kier molecular flexibility index (Phi) is 2.63. The minimum absolute atomic E-state index is 0.215. The quantitative estimate of drug-likeness (QED) is 0.770. The van der Waals surface area contributed by atoms with Crippen LogP contribution in [-0.2, 0) is 6.54 Å². The summed E-state index contributed by atoms with van der Waals surface area (Å²) in [5.74, 6) is -0.494. The molecule has 0 bridgehead atoms. The van der Waals surface area contributed by atoms with Gasteiger partial charge in [-0.05, 0) is 30.7 Å². The fourth-order valence-corrected chi connectivity index (χ4v) is 2.14. The number of aryl methyl sites for hydroxylation is 1. The van der Waals surface area contributed by atoms with Crippen molar-refractivity contribution < 1.29 is 9.59 Å². The summed E-state index contributed by atoms with van der Waals surface area (Å²) in [7, 11) is 0. The monoisotopic (exact) mass is 252 g/mol. The first-order valence-electron chi connectivity index (χ1n) is 6.03. The molecule has 94 valence electrons. The van der Waals surface area contributed by atoms with Crippen LogP contribution in [0.4, 0.5) is 0 Å². The van der Waals surface area contributed by atoms with Gasteiger partial charge >= 0.3 is 0 Å². The van der Waals surface area contributed by atoms with E-state index in [1.807, 2.05) is 19.1 Å². The van der Waals surface area contributed by atoms with Crippen molar-refractivity contribution in [3.8, 4) is 0 Å². The molecule has 1 aliphatic rings. The van der Waals surface area contributed by atoms with E-state index in [0.717, 1.165) is 5.56 Å². The Hall–Kier alpha value is -2.49. The second kappa shape index (κ2) is 4.31. The zero-order valence-corrected chi connectivity index (χ0v) is 10.5. The maximum atomic E-state index is 12.2. The van der Waals surface area contributed by atoms with Gasteiger partial charge in [-0.3, -0.25) is 19.5 Å². The minimum Gasteiger partial charge on any atom is -0.269 e. The average molecular weight is 252 g/mol. The van der Waals surface area contributed by atoms with Gasteiger partial charge in [0.1, 0.15) is 0 Å². The summed E-state index contributed by atoms with van der Waals surface area (Å²) in [6.07, 6.45) is 1.73. The van der Waals surface area contributed by atoms with Crippen LogP contribution in [0.5, 0.6) is 0 Å². The summed E-state index contributed by atoms with van der Waals surface area (Å²) < 4.78 is 0. The van der Waals surface area contributed by atoms with Crippen molar-refractivity contribution in [3.63, 3.8) is 0 Å². The Morgan fingerprint density at radius 3 is 2.16 bits per heavy atom. The lowest BCUT2D eigenvalue weighted by Gasteiger charge is -2.13. The molecule has 2 amide bonds. The molecule has 1 aromatic heterocycles. The fourth-order valence-electron chi connectivity index (χ4n) is 2.14. The molecule has 0 saturated carbocycles. The van der Waals surface area contributed by atoms with E-state index in [1.54, 1.807) is 30.5 Å². The van der Waals surface area contributed by atoms with Crippen LogP contribution in [0.1, 0.15) is 32.0 Å². The SMILES string of the molecule is Cc1ccc(CN2C(=O)c3ccccc3C2=O)nc1. The second-order valence-electron chi connectivity index (χ2n) is 4.57. The van der Waals surface area contributed by atoms with E-state index in [0.29, 0.717) is 16.8 Å². The Bertz CT molecular complexity index is 627. The van der Waals surface area contributed by atoms with Crippen molar-refractivity contribution in [2.24, 2.45) is 0 Å². The van der Waals surface area contributed by atoms with E-state index in [1.165, 1.54) is 4.90 Å². The predicted octanol–water partition coefficient (Wildman–Crippen LogP) is 2.19. The molecule has 2 heterocycles. The smallest absolute Gasteiger partial charge is 0.261 e. The highest BCUT2D eigenvalue weighted by Gasteiger charge is 2.35. The zero-order chi connectivity index (χ0) is 13.4. The molecule has 19 heavy (non-hydrogen) atoms. The highest BCUT2D eigenvalue weighted by Crippen LogP contribution is 2.23. The fraction of sp³-hybridized carbons (Fsp3) is 0.133. The standard InChI is InChI=1S/C15H12N2O2/c1-10-6-7-11(16-8-10)9-17-14(18)12-4-2-3-5-13(12)15(17)19/h2-8H,9H2,1H3. The van der Waals surface area contributed by atoms with Crippen LogP contribution in [0.25, 0.3) is 0 Å². The summed E-state index contributed by atoms with van der Waals surface area (Å²) in [6, 6.07) is 10.6. The molecule has 0 aliphatic carbocycles. The number of nitrogens with zero attached hydrogens (tertiary/aromatic N) is 2. The van der Waals surface area contributed by atoms with E-state index in [-0.39, 0.29) is 18.4 Å². The molecule has 4 heteroatoms. The number of aromatic nitrogens is 1. The number of hydrogen-bond acceptors (Lipinski definition) is 3. The minimum atomic E-state index is -0.247. The number of carbonyl (C=O) groups is 2. The molecule has 0 atom stereocenters. The van der Waals surface area contributed by atoms with E-state index in [2.05, 4.69) is 4.98 Å². The highest BCUT2D eigenvalue weighted by molar-refractivity contribution is 6.21. The lowest BCUT2D eigenvalue weighted by Crippen LogP contribution is -2.29. The van der Waals surface area contributed by atoms with E-state index in [4.69, 9.17) is 0 Å². The van der Waals surface area contributed by atoms with Crippen molar-refractivity contribution >= 4 is 11.8 Å². The number of hydrogen-bond donors (Lipinski definition) is 0. The van der Waals surface area contributed by atoms with Gasteiger partial charge in [0.05, 0.1) is 23.4 Å². The Balaban J connectivity index is 1.90. The van der Waals surface area contributed by atoms with Crippen molar-refractivity contribution in [1.82, 2.24) is 9.88 Å². The first-order valence-corrected chi connectivity index (χ1v) is 6.03. The number of imide groups is 1. The van der Waals surface area contributed by atoms with Crippen LogP contribution in [0.15, 0.2) is 42.6 Å². The molecular weight excluding hydrogens is 240 g/mol. The van der Waals surface area contributed by atoms with Gasteiger partial charge in [-0.15, -0.1) is 0 Å². The maximum Gasteiger partial charge on any atom is 0.261 e. The first kappa shape index (κ1) is 11.6. The Morgan fingerprint density at radius 2 is 1.63 bits per heavy atom. The van der Waals surface area contributed by atoms with E-state index in [9.17, 15) is 9.59 Å². The van der Waals surface area contributed by atoms with Crippen molar-refractivity contribution in [2.45, 2.75) is 13.5 Å². The molecule has 2 aromatic rings. The predicted molar refractivity (Wildman–Crippen MR) is 69.6 cm³/mol. The van der Waals surface area contributed by atoms with Crippen molar-refractivity contribution in [3.05, 3.63) is 65.0 Å². The number of benzene rings is 1. The van der Waals surface area contributed by atoms with Gasteiger partial charge in [0.15, 0.2) is 0 Å². The first-order chi connectivity index (χ1) is 9.16. The van der Waals surface area contributed by atoms with Gasteiger partial charge in [0.25, 0.3) is 11.8 Å². The molecule has 0 spiro atoms. The number of pyridine rings is 1. The Morgan fingerprint density at radius 1 is 1.00 bits per heavy atom. The molecular formula is C15H12N2O2. The van der Waals surface area contributed by atoms with Gasteiger partial charge < -0.3 is 0 Å². The molecule has 4 nitrogen and oxygen atoms in total. The lowest BCUT2D eigenvalue weighted by atomic mass is 10.1. The third-order valence-corrected chi connectivity index (χ3v) is 3.17. The Labute approximate surface area is 110 Å². The van der Waals surface area contributed by atoms with Gasteiger partial charge in [-0.25, -0.2) is 0 Å². The summed E-state index contributed by atoms with van der Waals surface area (Å²) in [5, 5.41) is 0. The summed E-state index contributed by atoms with van der Waals surface area (Å²) >= 11 is 0. The highest BCUT2D eigenvalue weighted by atomic mass is 16.2.